The molecule has 1 amide bonds. The molecule has 1 atom stereocenters. The summed E-state index contributed by atoms with van der Waals surface area (Å²) in [6.07, 6.45) is 1.79. The Kier molecular flexibility index (Phi) is 6.66. The van der Waals surface area contributed by atoms with Crippen LogP contribution in [0.4, 0.5) is 0 Å². The number of halogens is 1. The van der Waals surface area contributed by atoms with Crippen LogP contribution in [0.3, 0.4) is 0 Å². The van der Waals surface area contributed by atoms with Crippen LogP contribution in [0, 0.1) is 0 Å². The number of carbonyl (C=O) groups excluding carboxylic acids is 1. The van der Waals surface area contributed by atoms with E-state index in [9.17, 15) is 4.79 Å². The highest BCUT2D eigenvalue weighted by molar-refractivity contribution is 9.10. The standard InChI is InChI=1S/C19H22BrNO2/c1-3-12-23-18-11-10-15(13-16(18)20)19(22)21-17(4-2)14-8-6-5-7-9-14/h5-11,13,17H,3-4,12H2,1-2H3,(H,21,22). The number of hydrogen-bond acceptors (Lipinski definition) is 2. The summed E-state index contributed by atoms with van der Waals surface area (Å²) >= 11 is 3.47. The van der Waals surface area contributed by atoms with Crippen molar-refractivity contribution in [1.29, 1.82) is 0 Å². The molecular weight excluding hydrogens is 354 g/mol. The Hall–Kier alpha value is -1.81. The summed E-state index contributed by atoms with van der Waals surface area (Å²) in [7, 11) is 0. The summed E-state index contributed by atoms with van der Waals surface area (Å²) in [6, 6.07) is 15.5. The van der Waals surface area contributed by atoms with Crippen LogP contribution < -0.4 is 10.1 Å². The predicted molar refractivity (Wildman–Crippen MR) is 96.9 cm³/mol. The molecule has 122 valence electrons. The topological polar surface area (TPSA) is 38.3 Å². The van der Waals surface area contributed by atoms with Crippen LogP contribution in [0.2, 0.25) is 0 Å². The van der Waals surface area contributed by atoms with Crippen LogP contribution in [-0.2, 0) is 0 Å². The van der Waals surface area contributed by atoms with Crippen LogP contribution in [0.5, 0.6) is 5.75 Å². The smallest absolute Gasteiger partial charge is 0.251 e. The number of benzene rings is 2. The van der Waals surface area contributed by atoms with Crippen molar-refractivity contribution in [1.82, 2.24) is 5.32 Å². The lowest BCUT2D eigenvalue weighted by Gasteiger charge is -2.18. The molecule has 0 saturated heterocycles. The van der Waals surface area contributed by atoms with Crippen molar-refractivity contribution >= 4 is 21.8 Å². The Morgan fingerprint density at radius 2 is 1.91 bits per heavy atom. The Balaban J connectivity index is 2.09. The van der Waals surface area contributed by atoms with Gasteiger partial charge in [-0.1, -0.05) is 44.2 Å². The van der Waals surface area contributed by atoms with Gasteiger partial charge in [-0.2, -0.15) is 0 Å². The highest BCUT2D eigenvalue weighted by atomic mass is 79.9. The molecule has 0 heterocycles. The molecule has 0 aliphatic carbocycles. The van der Waals surface area contributed by atoms with Crippen LogP contribution in [0.15, 0.2) is 53.0 Å². The van der Waals surface area contributed by atoms with Crippen molar-refractivity contribution in [2.24, 2.45) is 0 Å². The third kappa shape index (κ3) is 4.83. The number of hydrogen-bond donors (Lipinski definition) is 1. The Bertz CT molecular complexity index is 643. The third-order valence-electron chi connectivity index (χ3n) is 3.57. The number of amides is 1. The van der Waals surface area contributed by atoms with Gasteiger partial charge >= 0.3 is 0 Å². The van der Waals surface area contributed by atoms with Crippen molar-refractivity contribution < 1.29 is 9.53 Å². The minimum absolute atomic E-state index is 0.0125. The van der Waals surface area contributed by atoms with Crippen molar-refractivity contribution in [3.8, 4) is 5.75 Å². The van der Waals surface area contributed by atoms with Crippen molar-refractivity contribution in [2.45, 2.75) is 32.7 Å². The van der Waals surface area contributed by atoms with Crippen LogP contribution in [0.1, 0.15) is 48.7 Å². The molecule has 0 bridgehead atoms. The average molecular weight is 376 g/mol. The first-order valence-electron chi connectivity index (χ1n) is 7.93. The SMILES string of the molecule is CCCOc1ccc(C(=O)NC(CC)c2ccccc2)cc1Br. The molecule has 3 nitrogen and oxygen atoms in total. The van der Waals surface area contributed by atoms with E-state index in [2.05, 4.69) is 35.1 Å². The van der Waals surface area contributed by atoms with Crippen LogP contribution in [-0.4, -0.2) is 12.5 Å². The van der Waals surface area contributed by atoms with E-state index >= 15 is 0 Å². The molecule has 0 aliphatic heterocycles. The summed E-state index contributed by atoms with van der Waals surface area (Å²) in [4.78, 5) is 12.5. The zero-order valence-corrected chi connectivity index (χ0v) is 15.1. The van der Waals surface area contributed by atoms with E-state index in [0.717, 1.165) is 28.6 Å². The van der Waals surface area contributed by atoms with Gasteiger partial charge in [0, 0.05) is 5.56 Å². The molecule has 2 aromatic carbocycles. The molecule has 0 spiro atoms. The summed E-state index contributed by atoms with van der Waals surface area (Å²) in [6.45, 7) is 4.79. The first kappa shape index (κ1) is 17.5. The lowest BCUT2D eigenvalue weighted by Crippen LogP contribution is -2.28. The van der Waals surface area contributed by atoms with Gasteiger partial charge in [-0.15, -0.1) is 0 Å². The van der Waals surface area contributed by atoms with Crippen LogP contribution >= 0.6 is 15.9 Å². The fourth-order valence-corrected chi connectivity index (χ4v) is 2.81. The molecule has 0 aliphatic rings. The molecule has 0 aromatic heterocycles. The van der Waals surface area contributed by atoms with E-state index in [1.54, 1.807) is 12.1 Å². The molecule has 0 fully saturated rings. The Morgan fingerprint density at radius 1 is 1.17 bits per heavy atom. The minimum atomic E-state index is -0.0801. The van der Waals surface area contributed by atoms with E-state index in [1.165, 1.54) is 0 Å². The van der Waals surface area contributed by atoms with Crippen molar-refractivity contribution in [3.63, 3.8) is 0 Å². The number of ether oxygens (including phenoxy) is 1. The summed E-state index contributed by atoms with van der Waals surface area (Å²) < 4.78 is 6.41. The third-order valence-corrected chi connectivity index (χ3v) is 4.19. The van der Waals surface area contributed by atoms with Crippen molar-refractivity contribution in [3.05, 3.63) is 64.1 Å². The van der Waals surface area contributed by atoms with Gasteiger partial charge in [0.25, 0.3) is 5.91 Å². The molecule has 4 heteroatoms. The molecular formula is C19H22BrNO2. The summed E-state index contributed by atoms with van der Waals surface area (Å²) in [5, 5.41) is 3.09. The van der Waals surface area contributed by atoms with Gasteiger partial charge in [-0.25, -0.2) is 0 Å². The zero-order chi connectivity index (χ0) is 16.7. The lowest BCUT2D eigenvalue weighted by molar-refractivity contribution is 0.0935. The quantitative estimate of drug-likeness (QED) is 0.729. The van der Waals surface area contributed by atoms with E-state index in [1.807, 2.05) is 36.4 Å². The largest absolute Gasteiger partial charge is 0.492 e. The number of rotatable bonds is 7. The van der Waals surface area contributed by atoms with Gasteiger partial charge in [0.05, 0.1) is 17.1 Å². The maximum Gasteiger partial charge on any atom is 0.251 e. The van der Waals surface area contributed by atoms with Gasteiger partial charge < -0.3 is 10.1 Å². The maximum atomic E-state index is 12.5. The Morgan fingerprint density at radius 3 is 2.52 bits per heavy atom. The van der Waals surface area contributed by atoms with Gasteiger partial charge in [0.2, 0.25) is 0 Å². The van der Waals surface area contributed by atoms with E-state index < -0.39 is 0 Å². The Labute approximate surface area is 146 Å². The maximum absolute atomic E-state index is 12.5. The van der Waals surface area contributed by atoms with Crippen LogP contribution in [0.25, 0.3) is 0 Å². The van der Waals surface area contributed by atoms with Crippen molar-refractivity contribution in [2.75, 3.05) is 6.61 Å². The highest BCUT2D eigenvalue weighted by Gasteiger charge is 2.15. The molecule has 0 radical (unpaired) electrons. The summed E-state index contributed by atoms with van der Waals surface area (Å²) in [5.41, 5.74) is 1.74. The second-order valence-electron chi connectivity index (χ2n) is 5.34. The first-order valence-corrected chi connectivity index (χ1v) is 8.73. The van der Waals surface area contributed by atoms with E-state index in [-0.39, 0.29) is 11.9 Å². The zero-order valence-electron chi connectivity index (χ0n) is 13.5. The molecule has 1 unspecified atom stereocenters. The first-order chi connectivity index (χ1) is 11.2. The average Bonchev–Trinajstić information content (AvgIpc) is 2.59. The van der Waals surface area contributed by atoms with E-state index in [4.69, 9.17) is 4.74 Å². The fraction of sp³-hybridized carbons (Fsp3) is 0.316. The van der Waals surface area contributed by atoms with Gasteiger partial charge in [-0.3, -0.25) is 4.79 Å². The number of nitrogens with one attached hydrogen (secondary N) is 1. The molecule has 1 N–H and O–H groups in total. The molecule has 0 saturated carbocycles. The molecule has 23 heavy (non-hydrogen) atoms. The lowest BCUT2D eigenvalue weighted by atomic mass is 10.0. The van der Waals surface area contributed by atoms with Gasteiger partial charge in [0.1, 0.15) is 5.75 Å². The van der Waals surface area contributed by atoms with E-state index in [0.29, 0.717) is 12.2 Å². The monoisotopic (exact) mass is 375 g/mol. The molecule has 2 aromatic rings. The minimum Gasteiger partial charge on any atom is -0.492 e. The molecule has 2 rings (SSSR count). The summed E-state index contributed by atoms with van der Waals surface area (Å²) in [5.74, 6) is 0.682. The predicted octanol–water partition coefficient (Wildman–Crippen LogP) is 5.12. The normalized spacial score (nSPS) is 11.8. The second-order valence-corrected chi connectivity index (χ2v) is 6.19. The fourth-order valence-electron chi connectivity index (χ4n) is 2.32. The number of carbonyl (C=O) groups is 1. The highest BCUT2D eigenvalue weighted by Crippen LogP contribution is 2.26. The second kappa shape index (κ2) is 8.73. The van der Waals surface area contributed by atoms with Gasteiger partial charge in [-0.05, 0) is 52.5 Å². The van der Waals surface area contributed by atoms with Gasteiger partial charge in [0.15, 0.2) is 0 Å².